The number of hydrogen-bond acceptors (Lipinski definition) is 5. The summed E-state index contributed by atoms with van der Waals surface area (Å²) in [6.07, 6.45) is 10.6. The van der Waals surface area contributed by atoms with Crippen LogP contribution in [0, 0.1) is 0 Å². The summed E-state index contributed by atoms with van der Waals surface area (Å²) in [7, 11) is 0. The number of aryl methyl sites for hydroxylation is 1. The highest BCUT2D eigenvalue weighted by molar-refractivity contribution is 9.10. The fourth-order valence-corrected chi connectivity index (χ4v) is 3.69. The lowest BCUT2D eigenvalue weighted by Gasteiger charge is -2.24. The number of nitrogens with zero attached hydrogens (tertiary/aromatic N) is 6. The number of fused-ring (bicyclic) bond motifs is 1. The predicted octanol–water partition coefficient (Wildman–Crippen LogP) is 2.90. The van der Waals surface area contributed by atoms with Crippen LogP contribution < -0.4 is 4.90 Å². The molecule has 0 unspecified atom stereocenters. The molecular formula is C15H19BrN6. The summed E-state index contributed by atoms with van der Waals surface area (Å²) in [5.41, 5.74) is 0. The van der Waals surface area contributed by atoms with E-state index in [0.29, 0.717) is 0 Å². The topological polar surface area (TPSA) is 59.7 Å². The van der Waals surface area contributed by atoms with Crippen molar-refractivity contribution in [1.82, 2.24) is 24.7 Å². The number of anilines is 1. The third-order valence-corrected chi connectivity index (χ3v) is 4.96. The number of rotatable bonds is 2. The van der Waals surface area contributed by atoms with E-state index >= 15 is 0 Å². The van der Waals surface area contributed by atoms with Gasteiger partial charge in [-0.1, -0.05) is 6.42 Å². The second kappa shape index (κ2) is 5.95. The Labute approximate surface area is 138 Å². The molecule has 1 saturated heterocycles. The molecule has 0 bridgehead atoms. The fraction of sp³-hybridized carbons (Fsp3) is 0.600. The van der Waals surface area contributed by atoms with E-state index in [0.717, 1.165) is 54.4 Å². The van der Waals surface area contributed by atoms with Crippen LogP contribution in [0.2, 0.25) is 0 Å². The van der Waals surface area contributed by atoms with E-state index in [-0.39, 0.29) is 6.04 Å². The summed E-state index contributed by atoms with van der Waals surface area (Å²) in [5.74, 6) is 3.04. The highest BCUT2D eigenvalue weighted by Gasteiger charge is 2.32. The molecule has 0 radical (unpaired) electrons. The van der Waals surface area contributed by atoms with Gasteiger partial charge in [0.25, 0.3) is 0 Å². The normalized spacial score (nSPS) is 21.7. The van der Waals surface area contributed by atoms with Crippen LogP contribution in [0.5, 0.6) is 0 Å². The molecule has 2 aliphatic rings. The average Bonchev–Trinajstić information content (AvgIpc) is 3.09. The van der Waals surface area contributed by atoms with Crippen molar-refractivity contribution in [3.63, 3.8) is 0 Å². The van der Waals surface area contributed by atoms with E-state index in [1.807, 2.05) is 12.4 Å². The molecule has 7 heteroatoms. The lowest BCUT2D eigenvalue weighted by Crippen LogP contribution is -2.27. The van der Waals surface area contributed by atoms with Gasteiger partial charge in [-0.15, -0.1) is 10.2 Å². The van der Waals surface area contributed by atoms with E-state index in [9.17, 15) is 0 Å². The minimum absolute atomic E-state index is 0.250. The maximum absolute atomic E-state index is 4.52. The molecule has 4 heterocycles. The Bertz CT molecular complexity index is 653. The summed E-state index contributed by atoms with van der Waals surface area (Å²) >= 11 is 3.40. The Hall–Kier alpha value is -1.50. The van der Waals surface area contributed by atoms with Gasteiger partial charge in [-0.3, -0.25) is 0 Å². The molecule has 2 aromatic rings. The molecule has 22 heavy (non-hydrogen) atoms. The van der Waals surface area contributed by atoms with Crippen molar-refractivity contribution in [2.24, 2.45) is 0 Å². The fourth-order valence-electron chi connectivity index (χ4n) is 3.48. The van der Waals surface area contributed by atoms with E-state index in [2.05, 4.69) is 45.6 Å². The Morgan fingerprint density at radius 1 is 1.00 bits per heavy atom. The zero-order valence-electron chi connectivity index (χ0n) is 12.5. The molecule has 6 nitrogen and oxygen atoms in total. The van der Waals surface area contributed by atoms with Crippen molar-refractivity contribution in [1.29, 1.82) is 0 Å². The second-order valence-corrected chi connectivity index (χ2v) is 6.91. The molecule has 0 spiro atoms. The van der Waals surface area contributed by atoms with Gasteiger partial charge >= 0.3 is 0 Å². The van der Waals surface area contributed by atoms with Crippen LogP contribution in [-0.2, 0) is 13.0 Å². The zero-order chi connectivity index (χ0) is 14.9. The zero-order valence-corrected chi connectivity index (χ0v) is 14.0. The second-order valence-electron chi connectivity index (χ2n) is 5.99. The summed E-state index contributed by atoms with van der Waals surface area (Å²) in [6, 6.07) is 0.250. The Kier molecular flexibility index (Phi) is 3.82. The van der Waals surface area contributed by atoms with Gasteiger partial charge in [-0.25, -0.2) is 9.97 Å². The van der Waals surface area contributed by atoms with E-state index < -0.39 is 0 Å². The SMILES string of the molecule is Brc1cnc(N2CCC[C@@H]2c2nnc3n2CCCCC3)nc1. The number of halogens is 1. The van der Waals surface area contributed by atoms with Crippen molar-refractivity contribution >= 4 is 21.9 Å². The van der Waals surface area contributed by atoms with E-state index in [4.69, 9.17) is 0 Å². The maximum Gasteiger partial charge on any atom is 0.225 e. The molecule has 0 aliphatic carbocycles. The lowest BCUT2D eigenvalue weighted by atomic mass is 10.2. The molecule has 4 rings (SSSR count). The highest BCUT2D eigenvalue weighted by atomic mass is 79.9. The van der Waals surface area contributed by atoms with Crippen molar-refractivity contribution in [2.45, 2.75) is 51.1 Å². The first-order valence-corrected chi connectivity index (χ1v) is 8.78. The molecule has 2 aromatic heterocycles. The molecule has 0 saturated carbocycles. The van der Waals surface area contributed by atoms with Crippen LogP contribution in [-0.4, -0.2) is 31.3 Å². The Morgan fingerprint density at radius 3 is 2.73 bits per heavy atom. The number of aromatic nitrogens is 5. The van der Waals surface area contributed by atoms with Gasteiger partial charge in [0.1, 0.15) is 5.82 Å². The predicted molar refractivity (Wildman–Crippen MR) is 86.6 cm³/mol. The third-order valence-electron chi connectivity index (χ3n) is 4.55. The Morgan fingerprint density at radius 2 is 1.86 bits per heavy atom. The smallest absolute Gasteiger partial charge is 0.225 e. The van der Waals surface area contributed by atoms with Gasteiger partial charge in [0.05, 0.1) is 10.5 Å². The van der Waals surface area contributed by atoms with Gasteiger partial charge in [-0.05, 0) is 41.6 Å². The van der Waals surface area contributed by atoms with Crippen molar-refractivity contribution in [2.75, 3.05) is 11.4 Å². The van der Waals surface area contributed by atoms with Crippen LogP contribution in [0.1, 0.15) is 49.8 Å². The molecule has 2 aliphatic heterocycles. The van der Waals surface area contributed by atoms with Gasteiger partial charge in [0.15, 0.2) is 5.82 Å². The van der Waals surface area contributed by atoms with Crippen LogP contribution in [0.3, 0.4) is 0 Å². The minimum atomic E-state index is 0.250. The molecular weight excluding hydrogens is 344 g/mol. The quantitative estimate of drug-likeness (QED) is 0.821. The van der Waals surface area contributed by atoms with Crippen LogP contribution in [0.4, 0.5) is 5.95 Å². The molecule has 0 amide bonds. The Balaban J connectivity index is 1.66. The van der Waals surface area contributed by atoms with Gasteiger partial charge < -0.3 is 9.47 Å². The largest absolute Gasteiger partial charge is 0.331 e. The number of hydrogen-bond donors (Lipinski definition) is 0. The standard InChI is InChI=1S/C15H19BrN6/c16-11-9-17-15(18-10-11)21-8-4-5-12(21)14-20-19-13-6-2-1-3-7-22(13)14/h9-10,12H,1-8H2/t12-/m1/s1. The van der Waals surface area contributed by atoms with E-state index in [1.165, 1.54) is 19.3 Å². The molecule has 116 valence electrons. The van der Waals surface area contributed by atoms with Gasteiger partial charge in [0.2, 0.25) is 5.95 Å². The van der Waals surface area contributed by atoms with Crippen molar-refractivity contribution in [3.05, 3.63) is 28.5 Å². The first-order chi connectivity index (χ1) is 10.8. The molecule has 0 aromatic carbocycles. The minimum Gasteiger partial charge on any atom is -0.331 e. The first kappa shape index (κ1) is 14.1. The molecule has 1 fully saturated rings. The third kappa shape index (κ3) is 2.51. The van der Waals surface area contributed by atoms with Gasteiger partial charge in [0, 0.05) is 31.9 Å². The van der Waals surface area contributed by atoms with Crippen LogP contribution >= 0.6 is 15.9 Å². The first-order valence-electron chi connectivity index (χ1n) is 7.99. The highest BCUT2D eigenvalue weighted by Crippen LogP contribution is 2.34. The van der Waals surface area contributed by atoms with Crippen LogP contribution in [0.15, 0.2) is 16.9 Å². The summed E-state index contributed by atoms with van der Waals surface area (Å²) < 4.78 is 3.25. The van der Waals surface area contributed by atoms with Crippen LogP contribution in [0.25, 0.3) is 0 Å². The van der Waals surface area contributed by atoms with Crippen molar-refractivity contribution in [3.8, 4) is 0 Å². The lowest BCUT2D eigenvalue weighted by molar-refractivity contribution is 0.556. The summed E-state index contributed by atoms with van der Waals surface area (Å²) in [4.78, 5) is 11.2. The van der Waals surface area contributed by atoms with E-state index in [1.54, 1.807) is 0 Å². The summed E-state index contributed by atoms with van der Waals surface area (Å²) in [6.45, 7) is 2.03. The van der Waals surface area contributed by atoms with Crippen molar-refractivity contribution < 1.29 is 0 Å². The monoisotopic (exact) mass is 362 g/mol. The maximum atomic E-state index is 4.52. The molecule has 1 atom stereocenters. The molecule has 0 N–H and O–H groups in total. The van der Waals surface area contributed by atoms with Gasteiger partial charge in [-0.2, -0.15) is 0 Å². The summed E-state index contributed by atoms with van der Waals surface area (Å²) in [5, 5.41) is 8.96. The average molecular weight is 363 g/mol.